The molecule has 2 aromatic carbocycles. The number of ether oxygens (including phenoxy) is 3. The zero-order valence-corrected chi connectivity index (χ0v) is 16.2. The quantitative estimate of drug-likeness (QED) is 0.731. The lowest BCUT2D eigenvalue weighted by Crippen LogP contribution is -2.27. The molecule has 0 radical (unpaired) electrons. The van der Waals surface area contributed by atoms with Crippen molar-refractivity contribution in [3.63, 3.8) is 0 Å². The van der Waals surface area contributed by atoms with Gasteiger partial charge in [-0.15, -0.1) is 0 Å². The smallest absolute Gasteiger partial charge is 0.228 e. The molecule has 0 heterocycles. The van der Waals surface area contributed by atoms with Crippen LogP contribution in [0.4, 0.5) is 5.69 Å². The van der Waals surface area contributed by atoms with Gasteiger partial charge in [-0.05, 0) is 48.4 Å². The predicted molar refractivity (Wildman–Crippen MR) is 105 cm³/mol. The van der Waals surface area contributed by atoms with Crippen LogP contribution in [0.25, 0.3) is 0 Å². The van der Waals surface area contributed by atoms with Gasteiger partial charge in [-0.2, -0.15) is 0 Å². The van der Waals surface area contributed by atoms with Crippen LogP contribution in [-0.2, 0) is 16.1 Å². The lowest BCUT2D eigenvalue weighted by Gasteiger charge is -2.10. The Bertz CT molecular complexity index is 850. The van der Waals surface area contributed by atoms with Crippen molar-refractivity contribution < 1.29 is 23.8 Å². The van der Waals surface area contributed by atoms with Crippen LogP contribution in [0.5, 0.6) is 17.2 Å². The maximum atomic E-state index is 12.3. The number of methoxy groups -OCH3 is 3. The van der Waals surface area contributed by atoms with Crippen LogP contribution in [-0.4, -0.2) is 33.1 Å². The fraction of sp³-hybridized carbons (Fsp3) is 0.333. The second-order valence-corrected chi connectivity index (χ2v) is 6.57. The Morgan fingerprint density at radius 1 is 0.893 bits per heavy atom. The van der Waals surface area contributed by atoms with Gasteiger partial charge in [-0.1, -0.05) is 6.07 Å². The molecule has 28 heavy (non-hydrogen) atoms. The molecule has 7 nitrogen and oxygen atoms in total. The molecule has 2 amide bonds. The molecule has 3 rings (SSSR count). The lowest BCUT2D eigenvalue weighted by atomic mass is 10.2. The number of benzene rings is 2. The van der Waals surface area contributed by atoms with Gasteiger partial charge in [-0.25, -0.2) is 0 Å². The third-order valence-corrected chi connectivity index (χ3v) is 4.74. The number of rotatable bonds is 8. The Balaban J connectivity index is 1.49. The first-order valence-corrected chi connectivity index (χ1v) is 8.99. The molecule has 2 aromatic rings. The van der Waals surface area contributed by atoms with E-state index in [0.29, 0.717) is 30.2 Å². The maximum Gasteiger partial charge on any atom is 0.228 e. The van der Waals surface area contributed by atoms with Gasteiger partial charge < -0.3 is 24.8 Å². The van der Waals surface area contributed by atoms with E-state index in [9.17, 15) is 9.59 Å². The van der Waals surface area contributed by atoms with E-state index in [1.165, 1.54) is 0 Å². The van der Waals surface area contributed by atoms with Gasteiger partial charge in [0.25, 0.3) is 0 Å². The molecule has 1 aliphatic rings. The van der Waals surface area contributed by atoms with Crippen LogP contribution in [0, 0.1) is 11.8 Å². The first kappa shape index (κ1) is 19.5. The molecular formula is C21H24N2O5. The largest absolute Gasteiger partial charge is 0.497 e. The third-order valence-electron chi connectivity index (χ3n) is 4.74. The molecule has 1 saturated carbocycles. The second kappa shape index (κ2) is 8.65. The molecule has 148 valence electrons. The van der Waals surface area contributed by atoms with Crippen molar-refractivity contribution >= 4 is 17.5 Å². The summed E-state index contributed by atoms with van der Waals surface area (Å²) in [6.45, 7) is 0.364. The van der Waals surface area contributed by atoms with Crippen molar-refractivity contribution in [3.8, 4) is 17.2 Å². The van der Waals surface area contributed by atoms with Crippen LogP contribution in [0.2, 0.25) is 0 Å². The first-order chi connectivity index (χ1) is 13.5. The normalized spacial score (nSPS) is 17.4. The summed E-state index contributed by atoms with van der Waals surface area (Å²) in [5.74, 6) is 1.11. The average molecular weight is 384 g/mol. The van der Waals surface area contributed by atoms with E-state index in [1.807, 2.05) is 12.1 Å². The summed E-state index contributed by atoms with van der Waals surface area (Å²) in [7, 11) is 4.73. The Morgan fingerprint density at radius 3 is 2.21 bits per heavy atom. The standard InChI is InChI=1S/C21H24N2O5/c1-26-15-7-5-14(6-8-15)23-21(25)17-11-16(17)20(24)22-12-13-4-9-18(27-2)19(10-13)28-3/h4-10,16-17H,11-12H2,1-3H3,(H,22,24)(H,23,25). The van der Waals surface area contributed by atoms with Crippen LogP contribution < -0.4 is 24.8 Å². The second-order valence-electron chi connectivity index (χ2n) is 6.57. The SMILES string of the molecule is COc1ccc(NC(=O)C2CC2C(=O)NCc2ccc(OC)c(OC)c2)cc1. The summed E-state index contributed by atoms with van der Waals surface area (Å²) in [4.78, 5) is 24.7. The molecule has 2 N–H and O–H groups in total. The molecule has 0 aliphatic heterocycles. The van der Waals surface area contributed by atoms with E-state index in [4.69, 9.17) is 14.2 Å². The van der Waals surface area contributed by atoms with Gasteiger partial charge in [0, 0.05) is 12.2 Å². The van der Waals surface area contributed by atoms with Crippen molar-refractivity contribution in [1.29, 1.82) is 0 Å². The number of carbonyl (C=O) groups is 2. The summed E-state index contributed by atoms with van der Waals surface area (Å²) in [6, 6.07) is 12.6. The monoisotopic (exact) mass is 384 g/mol. The molecule has 1 fully saturated rings. The fourth-order valence-corrected chi connectivity index (χ4v) is 2.99. The minimum absolute atomic E-state index is 0.121. The molecule has 0 saturated heterocycles. The fourth-order valence-electron chi connectivity index (χ4n) is 2.99. The topological polar surface area (TPSA) is 85.9 Å². The van der Waals surface area contributed by atoms with Crippen molar-refractivity contribution in [2.45, 2.75) is 13.0 Å². The number of amides is 2. The number of anilines is 1. The zero-order valence-electron chi connectivity index (χ0n) is 16.2. The number of hydrogen-bond donors (Lipinski definition) is 2. The highest BCUT2D eigenvalue weighted by Gasteiger charge is 2.47. The summed E-state index contributed by atoms with van der Waals surface area (Å²) in [5, 5.41) is 5.72. The van der Waals surface area contributed by atoms with Crippen LogP contribution >= 0.6 is 0 Å². The van der Waals surface area contributed by atoms with Gasteiger partial charge in [0.05, 0.1) is 33.2 Å². The minimum Gasteiger partial charge on any atom is -0.497 e. The summed E-state index contributed by atoms with van der Waals surface area (Å²) in [5.41, 5.74) is 1.58. The van der Waals surface area contributed by atoms with Gasteiger partial charge >= 0.3 is 0 Å². The molecule has 1 aliphatic carbocycles. The van der Waals surface area contributed by atoms with Crippen molar-refractivity contribution in [2.75, 3.05) is 26.6 Å². The van der Waals surface area contributed by atoms with Crippen molar-refractivity contribution in [2.24, 2.45) is 11.8 Å². The van der Waals surface area contributed by atoms with E-state index in [-0.39, 0.29) is 23.7 Å². The van der Waals surface area contributed by atoms with Crippen molar-refractivity contribution in [3.05, 3.63) is 48.0 Å². The molecule has 2 atom stereocenters. The molecule has 0 spiro atoms. The zero-order chi connectivity index (χ0) is 20.1. The average Bonchev–Trinajstić information content (AvgIpc) is 3.53. The van der Waals surface area contributed by atoms with E-state index in [1.54, 1.807) is 51.7 Å². The van der Waals surface area contributed by atoms with E-state index in [2.05, 4.69) is 10.6 Å². The Labute approximate surface area is 164 Å². The Morgan fingerprint density at radius 2 is 1.57 bits per heavy atom. The molecule has 0 aromatic heterocycles. The molecule has 7 heteroatoms. The van der Waals surface area contributed by atoms with Gasteiger partial charge in [0.2, 0.25) is 11.8 Å². The minimum atomic E-state index is -0.299. The molecule has 2 unspecified atom stereocenters. The van der Waals surface area contributed by atoms with E-state index in [0.717, 1.165) is 11.3 Å². The summed E-state index contributed by atoms with van der Waals surface area (Å²) < 4.78 is 15.6. The van der Waals surface area contributed by atoms with Crippen molar-refractivity contribution in [1.82, 2.24) is 5.32 Å². The Hall–Kier alpha value is -3.22. The highest BCUT2D eigenvalue weighted by Crippen LogP contribution is 2.39. The first-order valence-electron chi connectivity index (χ1n) is 8.99. The third kappa shape index (κ3) is 4.54. The van der Waals surface area contributed by atoms with Gasteiger partial charge in [-0.3, -0.25) is 9.59 Å². The summed E-state index contributed by atoms with van der Waals surface area (Å²) >= 11 is 0. The highest BCUT2D eigenvalue weighted by atomic mass is 16.5. The van der Waals surface area contributed by atoms with E-state index >= 15 is 0 Å². The van der Waals surface area contributed by atoms with Gasteiger partial charge in [0.15, 0.2) is 11.5 Å². The highest BCUT2D eigenvalue weighted by molar-refractivity contribution is 5.99. The Kier molecular flexibility index (Phi) is 6.03. The molecule has 0 bridgehead atoms. The van der Waals surface area contributed by atoms with E-state index < -0.39 is 0 Å². The number of hydrogen-bond acceptors (Lipinski definition) is 5. The number of nitrogens with one attached hydrogen (secondary N) is 2. The summed E-state index contributed by atoms with van der Waals surface area (Å²) in [6.07, 6.45) is 0.555. The molecular weight excluding hydrogens is 360 g/mol. The lowest BCUT2D eigenvalue weighted by molar-refractivity contribution is -0.125. The van der Waals surface area contributed by atoms with Crippen LogP contribution in [0.3, 0.4) is 0 Å². The van der Waals surface area contributed by atoms with Gasteiger partial charge in [0.1, 0.15) is 5.75 Å². The van der Waals surface area contributed by atoms with Crippen LogP contribution in [0.1, 0.15) is 12.0 Å². The number of carbonyl (C=O) groups excluding carboxylic acids is 2. The predicted octanol–water partition coefficient (Wildman–Crippen LogP) is 2.60. The maximum absolute atomic E-state index is 12.3. The van der Waals surface area contributed by atoms with Crippen LogP contribution in [0.15, 0.2) is 42.5 Å².